The van der Waals surface area contributed by atoms with Crippen LogP contribution in [0.1, 0.15) is 74.7 Å². The molecule has 0 atom stereocenters. The predicted octanol–water partition coefficient (Wildman–Crippen LogP) is 6.41. The first kappa shape index (κ1) is 20.0. The van der Waals surface area contributed by atoms with E-state index in [2.05, 4.69) is 26.1 Å². The van der Waals surface area contributed by atoms with Gasteiger partial charge in [0.2, 0.25) is 0 Å². The van der Waals surface area contributed by atoms with E-state index in [1.54, 1.807) is 0 Å². The van der Waals surface area contributed by atoms with E-state index in [1.165, 1.54) is 31.2 Å². The maximum absolute atomic E-state index is 12.4. The van der Waals surface area contributed by atoms with Crippen molar-refractivity contribution in [2.45, 2.75) is 58.8 Å². The Morgan fingerprint density at radius 2 is 1.73 bits per heavy atom. The Morgan fingerprint density at radius 3 is 2.42 bits per heavy atom. The molecule has 3 nitrogen and oxygen atoms in total. The molecule has 140 valence electrons. The summed E-state index contributed by atoms with van der Waals surface area (Å²) in [5.41, 5.74) is 2.65. The van der Waals surface area contributed by atoms with Crippen molar-refractivity contribution in [2.75, 3.05) is 11.9 Å². The fourth-order valence-corrected chi connectivity index (χ4v) is 2.78. The highest BCUT2D eigenvalue weighted by Gasteiger charge is 2.08. The fraction of sp³-hybridized carbons (Fsp3) is 0.435. The third kappa shape index (κ3) is 6.55. The minimum absolute atomic E-state index is 0.1000. The summed E-state index contributed by atoms with van der Waals surface area (Å²) in [5.74, 6) is 1.16. The molecule has 2 aromatic rings. The summed E-state index contributed by atoms with van der Waals surface area (Å²) in [6.07, 6.45) is 6.09. The average Bonchev–Trinajstić information content (AvgIpc) is 2.65. The first-order chi connectivity index (χ1) is 12.6. The van der Waals surface area contributed by atoms with Gasteiger partial charge in [-0.15, -0.1) is 0 Å². The van der Waals surface area contributed by atoms with Gasteiger partial charge in [0.05, 0.1) is 6.61 Å². The van der Waals surface area contributed by atoms with Gasteiger partial charge in [0.25, 0.3) is 5.91 Å². The molecular weight excluding hydrogens is 322 g/mol. The fourth-order valence-electron chi connectivity index (χ4n) is 2.78. The topological polar surface area (TPSA) is 38.3 Å². The molecule has 2 rings (SSSR count). The summed E-state index contributed by atoms with van der Waals surface area (Å²) in [6, 6.07) is 15.4. The molecule has 0 heterocycles. The van der Waals surface area contributed by atoms with Crippen LogP contribution in [0, 0.1) is 0 Å². The van der Waals surface area contributed by atoms with Crippen molar-refractivity contribution in [1.82, 2.24) is 0 Å². The normalized spacial score (nSPS) is 10.8. The first-order valence-corrected chi connectivity index (χ1v) is 9.74. The molecule has 0 aliphatic rings. The number of hydrogen-bond donors (Lipinski definition) is 1. The van der Waals surface area contributed by atoms with Gasteiger partial charge in [0.15, 0.2) is 0 Å². The Labute approximate surface area is 157 Å². The summed E-state index contributed by atoms with van der Waals surface area (Å²) in [7, 11) is 0. The lowest BCUT2D eigenvalue weighted by Gasteiger charge is -2.10. The summed E-state index contributed by atoms with van der Waals surface area (Å²) in [4.78, 5) is 12.4. The van der Waals surface area contributed by atoms with Crippen molar-refractivity contribution in [3.8, 4) is 5.75 Å². The summed E-state index contributed by atoms with van der Waals surface area (Å²) in [5, 5.41) is 2.95. The van der Waals surface area contributed by atoms with E-state index in [9.17, 15) is 4.79 Å². The van der Waals surface area contributed by atoms with Crippen LogP contribution < -0.4 is 10.1 Å². The van der Waals surface area contributed by atoms with Crippen LogP contribution >= 0.6 is 0 Å². The number of ether oxygens (including phenoxy) is 1. The Hall–Kier alpha value is -2.29. The maximum Gasteiger partial charge on any atom is 0.255 e. The highest BCUT2D eigenvalue weighted by Crippen LogP contribution is 2.20. The molecule has 0 fully saturated rings. The predicted molar refractivity (Wildman–Crippen MR) is 109 cm³/mol. The van der Waals surface area contributed by atoms with Gasteiger partial charge in [-0.05, 0) is 42.2 Å². The smallest absolute Gasteiger partial charge is 0.255 e. The molecule has 1 N–H and O–H groups in total. The molecule has 1 amide bonds. The number of carbonyl (C=O) groups excluding carboxylic acids is 1. The third-order valence-electron chi connectivity index (χ3n) is 4.45. The summed E-state index contributed by atoms with van der Waals surface area (Å²) in [6.45, 7) is 7.22. The van der Waals surface area contributed by atoms with E-state index in [0.29, 0.717) is 11.5 Å². The van der Waals surface area contributed by atoms with Crippen LogP contribution in [0.25, 0.3) is 0 Å². The molecule has 0 aliphatic carbocycles. The summed E-state index contributed by atoms with van der Waals surface area (Å²) >= 11 is 0. The van der Waals surface area contributed by atoms with Gasteiger partial charge in [-0.3, -0.25) is 4.79 Å². The third-order valence-corrected chi connectivity index (χ3v) is 4.45. The van der Waals surface area contributed by atoms with E-state index in [4.69, 9.17) is 4.74 Å². The van der Waals surface area contributed by atoms with E-state index in [-0.39, 0.29) is 5.91 Å². The van der Waals surface area contributed by atoms with Crippen molar-refractivity contribution < 1.29 is 9.53 Å². The molecule has 0 aromatic heterocycles. The Kier molecular flexibility index (Phi) is 8.20. The minimum atomic E-state index is -0.1000. The minimum Gasteiger partial charge on any atom is -0.494 e. The van der Waals surface area contributed by atoms with Crippen LogP contribution in [-0.2, 0) is 0 Å². The lowest BCUT2D eigenvalue weighted by Crippen LogP contribution is -2.12. The van der Waals surface area contributed by atoms with Crippen LogP contribution in [0.4, 0.5) is 5.69 Å². The first-order valence-electron chi connectivity index (χ1n) is 9.74. The van der Waals surface area contributed by atoms with Crippen molar-refractivity contribution in [3.63, 3.8) is 0 Å². The molecule has 0 saturated carbocycles. The van der Waals surface area contributed by atoms with Crippen LogP contribution in [0.3, 0.4) is 0 Å². The second kappa shape index (κ2) is 10.6. The molecule has 0 saturated heterocycles. The van der Waals surface area contributed by atoms with E-state index < -0.39 is 0 Å². The van der Waals surface area contributed by atoms with Gasteiger partial charge in [0, 0.05) is 17.3 Å². The van der Waals surface area contributed by atoms with E-state index >= 15 is 0 Å². The van der Waals surface area contributed by atoms with Gasteiger partial charge < -0.3 is 10.1 Å². The number of rotatable bonds is 10. The van der Waals surface area contributed by atoms with Gasteiger partial charge in [-0.1, -0.05) is 64.7 Å². The molecule has 0 radical (unpaired) electrons. The monoisotopic (exact) mass is 353 g/mol. The SMILES string of the molecule is CCCCCCCOc1cccc(NC(=O)c2ccc(C(C)C)cc2)c1. The Bertz CT molecular complexity index is 677. The van der Waals surface area contributed by atoms with Crippen LogP contribution in [0.2, 0.25) is 0 Å². The number of amides is 1. The van der Waals surface area contributed by atoms with Crippen LogP contribution in [0.5, 0.6) is 5.75 Å². The highest BCUT2D eigenvalue weighted by molar-refractivity contribution is 6.04. The zero-order valence-electron chi connectivity index (χ0n) is 16.3. The Balaban J connectivity index is 1.86. The van der Waals surface area contributed by atoms with E-state index in [0.717, 1.165) is 24.5 Å². The average molecular weight is 354 g/mol. The van der Waals surface area contributed by atoms with Crippen LogP contribution in [-0.4, -0.2) is 12.5 Å². The Morgan fingerprint density at radius 1 is 1.00 bits per heavy atom. The number of anilines is 1. The molecule has 2 aromatic carbocycles. The van der Waals surface area contributed by atoms with Crippen LogP contribution in [0.15, 0.2) is 48.5 Å². The molecule has 0 spiro atoms. The van der Waals surface area contributed by atoms with E-state index in [1.807, 2.05) is 48.5 Å². The number of hydrogen-bond acceptors (Lipinski definition) is 2. The number of nitrogens with one attached hydrogen (secondary N) is 1. The highest BCUT2D eigenvalue weighted by atomic mass is 16.5. The van der Waals surface area contributed by atoms with Crippen molar-refractivity contribution in [2.24, 2.45) is 0 Å². The molecule has 3 heteroatoms. The van der Waals surface area contributed by atoms with Gasteiger partial charge in [0.1, 0.15) is 5.75 Å². The molecule has 26 heavy (non-hydrogen) atoms. The second-order valence-electron chi connectivity index (χ2n) is 7.02. The van der Waals surface area contributed by atoms with Crippen molar-refractivity contribution in [3.05, 3.63) is 59.7 Å². The van der Waals surface area contributed by atoms with Gasteiger partial charge in [-0.2, -0.15) is 0 Å². The molecular formula is C23H31NO2. The zero-order valence-corrected chi connectivity index (χ0v) is 16.3. The number of unbranched alkanes of at least 4 members (excludes halogenated alkanes) is 4. The van der Waals surface area contributed by atoms with Gasteiger partial charge in [-0.25, -0.2) is 0 Å². The van der Waals surface area contributed by atoms with Crippen molar-refractivity contribution in [1.29, 1.82) is 0 Å². The molecule has 0 bridgehead atoms. The summed E-state index contributed by atoms with van der Waals surface area (Å²) < 4.78 is 5.80. The van der Waals surface area contributed by atoms with Gasteiger partial charge >= 0.3 is 0 Å². The standard InChI is InChI=1S/C23H31NO2/c1-4-5-6-7-8-16-26-22-11-9-10-21(17-22)24-23(25)20-14-12-19(13-15-20)18(2)3/h9-15,17-18H,4-8,16H2,1-3H3,(H,24,25). The number of benzene rings is 2. The lowest BCUT2D eigenvalue weighted by atomic mass is 10.0. The molecule has 0 unspecified atom stereocenters. The largest absolute Gasteiger partial charge is 0.494 e. The second-order valence-corrected chi connectivity index (χ2v) is 7.02. The zero-order chi connectivity index (χ0) is 18.8. The lowest BCUT2D eigenvalue weighted by molar-refractivity contribution is 0.102. The quantitative estimate of drug-likeness (QED) is 0.501. The molecule has 0 aliphatic heterocycles. The van der Waals surface area contributed by atoms with Crippen molar-refractivity contribution >= 4 is 11.6 Å². The maximum atomic E-state index is 12.4. The number of carbonyl (C=O) groups is 1.